The molecule has 0 bridgehead atoms. The number of carbonyl (C=O) groups excluding carboxylic acids is 5. The molecule has 80 heavy (non-hydrogen) atoms. The normalized spacial score (nSPS) is 10.9. The first-order valence-electron chi connectivity index (χ1n) is 26.3. The highest BCUT2D eigenvalue weighted by atomic mass is 32.2. The van der Waals surface area contributed by atoms with Crippen LogP contribution in [0.25, 0.3) is 0 Å². The number of hydrogen-bond acceptors (Lipinski definition) is 22. The molecule has 4 radical (unpaired) electrons. The van der Waals surface area contributed by atoms with E-state index in [0.717, 1.165) is 10.6 Å². The molecule has 0 heterocycles. The molecule has 0 aliphatic rings. The third-order valence-electron chi connectivity index (χ3n) is 8.01. The minimum atomic E-state index is -1.06. The van der Waals surface area contributed by atoms with Crippen molar-refractivity contribution in [1.82, 2.24) is 29.7 Å². The number of nitrogens with one attached hydrogen (secondary N) is 1. The van der Waals surface area contributed by atoms with Crippen molar-refractivity contribution in [3.63, 3.8) is 0 Å². The Morgan fingerprint density at radius 3 is 1.23 bits per heavy atom. The third-order valence-corrected chi connectivity index (χ3v) is 8.35. The highest BCUT2D eigenvalue weighted by Gasteiger charge is 2.23. The molecule has 0 aromatic carbocycles. The first-order chi connectivity index (χ1) is 36.9. The maximum Gasteiger partial charge on any atom is 1.00 e. The third kappa shape index (κ3) is 76.3. The van der Waals surface area contributed by atoms with Crippen molar-refractivity contribution in [2.75, 3.05) is 178 Å². The standard InChI is InChI=1S/C13H25NO5.C12H25BN2O4.C12H26N2O4.C8H15NO4.C4H11NO2.C2H5BS/c1-13(2,3)19-12(17)14(4)10-11(16)6-5-8-18-9-7-15;1-12(2,3)19-11(17)14(4)5-6-15(13)7-9-18-10-8-16;1-12(2,3)18-11(16)14(4)7-5-13-6-9-17-10-8-15;1-8(2,3)13-7(12)9(4)5-6(10)11;5-1-3-7-4-2-6;1-4-2-3/h15H,5-10H2,1-4H3;16H,5-10H2,1-4H3;13,15H,5-10H2,1-4H3;5H2,1-4H3,(H,10,11);6H,1-5H2;2H2,1H3/p+1. The van der Waals surface area contributed by atoms with Gasteiger partial charge in [-0.25, -0.2) is 19.2 Å². The summed E-state index contributed by atoms with van der Waals surface area (Å²) in [6.07, 6.45) is 1.09. The Bertz CT molecular complexity index is 1530. The van der Waals surface area contributed by atoms with Gasteiger partial charge in [0, 0.05) is 87.0 Å². The fourth-order valence-corrected chi connectivity index (χ4v) is 4.43. The van der Waals surface area contributed by atoms with Crippen LogP contribution >= 0.6 is 11.8 Å². The Hall–Kier alpha value is -3.74. The van der Waals surface area contributed by atoms with Gasteiger partial charge in [0.25, 0.3) is 0 Å². The van der Waals surface area contributed by atoms with Gasteiger partial charge in [-0.3, -0.25) is 9.59 Å². The fourth-order valence-electron chi connectivity index (χ4n) is 4.43. The molecule has 0 aliphatic carbocycles. The van der Waals surface area contributed by atoms with Gasteiger partial charge in [0.1, 0.15) is 28.9 Å². The maximum atomic E-state index is 11.7. The van der Waals surface area contributed by atoms with Crippen LogP contribution in [0.5, 0.6) is 0 Å². The summed E-state index contributed by atoms with van der Waals surface area (Å²) in [6, 6.07) is 0. The first kappa shape index (κ1) is 87.5. The Morgan fingerprint density at radius 1 is 0.512 bits per heavy atom. The van der Waals surface area contributed by atoms with E-state index in [1.54, 1.807) is 72.2 Å². The van der Waals surface area contributed by atoms with Gasteiger partial charge in [-0.05, 0) is 101 Å². The van der Waals surface area contributed by atoms with Crippen molar-refractivity contribution < 1.29 is 93.6 Å². The van der Waals surface area contributed by atoms with E-state index < -0.39 is 40.6 Å². The molecular weight excluding hydrogens is 1070 g/mol. The zero-order valence-electron chi connectivity index (χ0n) is 52.8. The van der Waals surface area contributed by atoms with Crippen LogP contribution in [0.2, 0.25) is 0 Å². The number of ketones is 1. The van der Waals surface area contributed by atoms with Crippen molar-refractivity contribution in [1.29, 1.82) is 0 Å². The van der Waals surface area contributed by atoms with Gasteiger partial charge in [0.2, 0.25) is 0 Å². The number of hydrogen-bond donors (Lipinski definition) is 7. The minimum Gasteiger partial charge on any atom is -0.480 e. The highest BCUT2D eigenvalue weighted by molar-refractivity contribution is 7.99. The Kier molecular flexibility index (Phi) is 59.6. The van der Waals surface area contributed by atoms with Crippen molar-refractivity contribution >= 4 is 63.7 Å². The summed E-state index contributed by atoms with van der Waals surface area (Å²) in [5.74, 6) is -1.10. The Balaban J connectivity index is -0.000000170. The monoisotopic (exact) mass is 1180 g/mol. The molecule has 0 saturated heterocycles. The van der Waals surface area contributed by atoms with Crippen LogP contribution in [0.4, 0.5) is 19.2 Å². The maximum absolute atomic E-state index is 11.7. The lowest BCUT2D eigenvalue weighted by Gasteiger charge is -2.26. The van der Waals surface area contributed by atoms with Crippen molar-refractivity contribution in [3.8, 4) is 0 Å². The number of likely N-dealkylation sites (N-methyl/N-ethyl adjacent to an activating group) is 4. The van der Waals surface area contributed by atoms with Crippen LogP contribution in [0.15, 0.2) is 0 Å². The molecule has 29 heteroatoms. The number of ether oxygens (including phenoxy) is 8. The van der Waals surface area contributed by atoms with Crippen LogP contribution in [0.1, 0.15) is 97.4 Å². The number of aliphatic hydroxyl groups is 4. The average molecular weight is 1180 g/mol. The van der Waals surface area contributed by atoms with Crippen molar-refractivity contribution in [2.24, 2.45) is 5.73 Å². The van der Waals surface area contributed by atoms with E-state index in [-0.39, 0.29) is 65.5 Å². The Morgan fingerprint density at radius 2 is 0.863 bits per heavy atom. The summed E-state index contributed by atoms with van der Waals surface area (Å²) in [5.41, 5.74) is 3.69. The number of carboxylic acid groups (broad SMARTS) is 1. The van der Waals surface area contributed by atoms with Crippen molar-refractivity contribution in [2.45, 2.75) is 118 Å². The predicted molar refractivity (Wildman–Crippen MR) is 313 cm³/mol. The number of amides is 4. The molecule has 0 fully saturated rings. The lowest BCUT2D eigenvalue weighted by molar-refractivity contribution is -0.138. The summed E-state index contributed by atoms with van der Waals surface area (Å²) < 4.78 is 40.5. The SMILES string of the molecule is CN(CC(=O)CCCOCCO)C(=O)OC(C)(C)C.CN(CC(=O)O)C(=O)OC(C)(C)C.CN(CCNCCOCCO)C(=O)OC(C)(C)C.NCCOCCO.[B]CSC.[B]N(CCOCCO)CCN(C)C(=O)OC(C)(C)C.[H+]. The predicted octanol–water partition coefficient (Wildman–Crippen LogP) is 2.39. The molecular formula is C51H108B2N7O19S+. The second-order valence-corrected chi connectivity index (χ2v) is 21.8. The summed E-state index contributed by atoms with van der Waals surface area (Å²) in [6.45, 7) is 28.7. The van der Waals surface area contributed by atoms with Crippen LogP contribution < -0.4 is 11.1 Å². The van der Waals surface area contributed by atoms with Gasteiger partial charge < -0.3 is 98.9 Å². The molecule has 0 aliphatic heterocycles. The van der Waals surface area contributed by atoms with E-state index >= 15 is 0 Å². The number of carbonyl (C=O) groups is 6. The number of aliphatic hydroxyl groups excluding tert-OH is 4. The van der Waals surface area contributed by atoms with Crippen LogP contribution in [-0.2, 0) is 47.5 Å². The summed E-state index contributed by atoms with van der Waals surface area (Å²) in [4.78, 5) is 74.7. The molecule has 472 valence electrons. The van der Waals surface area contributed by atoms with Crippen LogP contribution in [-0.4, -0.2) is 303 Å². The molecule has 0 unspecified atom stereocenters. The topological polar surface area (TPSA) is 332 Å². The number of aliphatic carboxylic acids is 1. The van der Waals surface area contributed by atoms with Crippen LogP contribution in [0.3, 0.4) is 0 Å². The number of rotatable bonds is 31. The smallest absolute Gasteiger partial charge is 0.480 e. The largest absolute Gasteiger partial charge is 1.00 e. The summed E-state index contributed by atoms with van der Waals surface area (Å²) >= 11 is 1.63. The van der Waals surface area contributed by atoms with Gasteiger partial charge in [-0.15, -0.1) is 0 Å². The quantitative estimate of drug-likeness (QED) is 0.0298. The molecule has 0 spiro atoms. The lowest BCUT2D eigenvalue weighted by Crippen LogP contribution is -2.39. The zero-order chi connectivity index (χ0) is 63.4. The summed E-state index contributed by atoms with van der Waals surface area (Å²) in [5, 5.41) is 45.2. The van der Waals surface area contributed by atoms with Gasteiger partial charge >= 0.3 is 31.8 Å². The number of thioether (sulfide) groups is 1. The zero-order valence-corrected chi connectivity index (χ0v) is 52.6. The minimum absolute atomic E-state index is 0. The molecule has 0 atom stereocenters. The van der Waals surface area contributed by atoms with E-state index in [1.165, 1.54) is 28.8 Å². The fraction of sp³-hybridized carbons (Fsp3) is 0.882. The van der Waals surface area contributed by atoms with Gasteiger partial charge in [0.15, 0.2) is 13.8 Å². The van der Waals surface area contributed by atoms with E-state index in [2.05, 4.69) is 5.32 Å². The average Bonchev–Trinajstić information content (AvgIpc) is 3.32. The summed E-state index contributed by atoms with van der Waals surface area (Å²) in [7, 11) is 17.0. The van der Waals surface area contributed by atoms with E-state index in [4.69, 9.17) is 85.0 Å². The number of nitrogens with two attached hydrogens (primary N) is 1. The molecule has 26 nitrogen and oxygen atoms in total. The number of carboxylic acids is 1. The van der Waals surface area contributed by atoms with E-state index in [0.29, 0.717) is 105 Å². The van der Waals surface area contributed by atoms with Crippen molar-refractivity contribution in [3.05, 3.63) is 0 Å². The number of Topliss-reactive ketones (excluding diaryl/α,β-unsaturated/α-hetero) is 1. The lowest BCUT2D eigenvalue weighted by atomic mass is 10.2. The van der Waals surface area contributed by atoms with Gasteiger partial charge in [0.05, 0.1) is 87.1 Å². The molecule has 0 rings (SSSR count). The van der Waals surface area contributed by atoms with E-state index in [9.17, 15) is 28.8 Å². The number of nitrogens with zero attached hydrogens (tertiary/aromatic N) is 5. The molecule has 0 aromatic heterocycles. The van der Waals surface area contributed by atoms with Gasteiger partial charge in [-0.1, -0.05) is 0 Å². The van der Waals surface area contributed by atoms with Crippen LogP contribution in [0, 0.1) is 0 Å². The molecule has 4 amide bonds. The van der Waals surface area contributed by atoms with Gasteiger partial charge in [-0.2, -0.15) is 11.8 Å². The molecule has 8 N–H and O–H groups in total. The second-order valence-electron chi connectivity index (χ2n) is 20.9. The first-order valence-corrected chi connectivity index (χ1v) is 27.7. The van der Waals surface area contributed by atoms with E-state index in [1.807, 2.05) is 47.8 Å². The second kappa shape index (κ2) is 54.5. The highest BCUT2D eigenvalue weighted by Crippen LogP contribution is 2.12. The molecule has 0 saturated carbocycles. The molecule has 0 aromatic rings. The Labute approximate surface area is 487 Å².